The number of hydrogen-bond acceptors (Lipinski definition) is 5. The van der Waals surface area contributed by atoms with Gasteiger partial charge in [-0.25, -0.2) is 4.98 Å². The molecule has 1 aliphatic rings. The fourth-order valence-electron chi connectivity index (χ4n) is 3.26. The minimum absolute atomic E-state index is 0. The number of nitrogens with one attached hydrogen (secondary N) is 4. The number of aromatic amines is 1. The van der Waals surface area contributed by atoms with Crippen LogP contribution < -0.4 is 16.0 Å². The number of rotatable bonds is 6. The van der Waals surface area contributed by atoms with Crippen LogP contribution >= 0.6 is 56.7 Å². The molecule has 28 heavy (non-hydrogen) atoms. The second-order valence-corrected chi connectivity index (χ2v) is 8.08. The summed E-state index contributed by atoms with van der Waals surface area (Å²) in [4.78, 5) is 11.9. The molecule has 0 bridgehead atoms. The Kier molecular flexibility index (Phi) is 8.82. The first-order valence-corrected chi connectivity index (χ1v) is 10.3. The Hall–Kier alpha value is -1.06. The number of hydrogen-bond donors (Lipinski definition) is 4. The molecular formula is C18H22Br2Cl2N6. The average molecular weight is 553 g/mol. The fourth-order valence-corrected chi connectivity index (χ4v) is 4.66. The molecule has 0 saturated heterocycles. The third-order valence-electron chi connectivity index (χ3n) is 4.49. The molecule has 1 aliphatic heterocycles. The number of fused-ring (bicyclic) bond motifs is 2. The van der Waals surface area contributed by atoms with Crippen molar-refractivity contribution in [2.24, 2.45) is 0 Å². The molecule has 1 atom stereocenters. The van der Waals surface area contributed by atoms with E-state index in [1.54, 1.807) is 6.20 Å². The Morgan fingerprint density at radius 1 is 1.18 bits per heavy atom. The van der Waals surface area contributed by atoms with E-state index in [-0.39, 0.29) is 24.8 Å². The van der Waals surface area contributed by atoms with E-state index in [0.29, 0.717) is 6.04 Å². The summed E-state index contributed by atoms with van der Waals surface area (Å²) < 4.78 is 2.20. The molecule has 6 nitrogen and oxygen atoms in total. The molecule has 4 N–H and O–H groups in total. The van der Waals surface area contributed by atoms with Gasteiger partial charge in [-0.05, 0) is 65.1 Å². The van der Waals surface area contributed by atoms with Gasteiger partial charge in [0.25, 0.3) is 0 Å². The first-order chi connectivity index (χ1) is 12.7. The highest BCUT2D eigenvalue weighted by atomic mass is 79.9. The highest BCUT2D eigenvalue weighted by molar-refractivity contribution is 9.11. The van der Waals surface area contributed by atoms with E-state index in [0.717, 1.165) is 58.5 Å². The minimum atomic E-state index is 0. The first kappa shape index (κ1) is 23.2. The smallest absolute Gasteiger partial charge is 0.202 e. The summed E-state index contributed by atoms with van der Waals surface area (Å²) in [5.74, 6) is 0.777. The van der Waals surface area contributed by atoms with E-state index in [1.165, 1.54) is 11.3 Å². The summed E-state index contributed by atoms with van der Waals surface area (Å²) in [7, 11) is 0. The molecule has 0 amide bonds. The van der Waals surface area contributed by atoms with Gasteiger partial charge in [-0.3, -0.25) is 0 Å². The number of pyridine rings is 1. The molecule has 10 heteroatoms. The third kappa shape index (κ3) is 5.30. The number of imidazole rings is 1. The monoisotopic (exact) mass is 550 g/mol. The van der Waals surface area contributed by atoms with Crippen LogP contribution in [0.25, 0.3) is 11.2 Å². The van der Waals surface area contributed by atoms with Crippen molar-refractivity contribution in [1.82, 2.24) is 20.3 Å². The van der Waals surface area contributed by atoms with Crippen molar-refractivity contribution < 1.29 is 0 Å². The number of aromatic nitrogens is 3. The molecule has 2 aromatic heterocycles. The molecule has 3 aromatic rings. The van der Waals surface area contributed by atoms with Crippen LogP contribution in [-0.4, -0.2) is 34.6 Å². The van der Waals surface area contributed by atoms with Crippen LogP contribution in [-0.2, 0) is 0 Å². The summed E-state index contributed by atoms with van der Waals surface area (Å²) in [6.45, 7) is 2.78. The van der Waals surface area contributed by atoms with E-state index >= 15 is 0 Å². The predicted molar refractivity (Wildman–Crippen MR) is 127 cm³/mol. The number of benzene rings is 1. The number of anilines is 2. The highest BCUT2D eigenvalue weighted by Gasteiger charge is 2.21. The molecule has 1 unspecified atom stereocenters. The minimum Gasteiger partial charge on any atom is -0.384 e. The molecule has 0 aliphatic carbocycles. The molecule has 1 aromatic carbocycles. The van der Waals surface area contributed by atoms with Gasteiger partial charge in [-0.15, -0.1) is 24.8 Å². The Morgan fingerprint density at radius 3 is 2.86 bits per heavy atom. The number of halogens is 4. The van der Waals surface area contributed by atoms with Crippen molar-refractivity contribution >= 4 is 79.5 Å². The Bertz CT molecular complexity index is 887. The number of nitrogens with zero attached hydrogens (tertiary/aromatic N) is 2. The SMILES string of the molecule is Brc1cc(Br)c2c(c1)C(NCCCNc1nc3ncccc3[nH]1)CCN2.Cl.Cl. The fraction of sp³-hybridized carbons (Fsp3) is 0.333. The Balaban J connectivity index is 0.00000140. The van der Waals surface area contributed by atoms with E-state index in [4.69, 9.17) is 0 Å². The zero-order valence-corrected chi connectivity index (χ0v) is 19.8. The maximum absolute atomic E-state index is 4.43. The van der Waals surface area contributed by atoms with E-state index in [2.05, 4.69) is 74.9 Å². The van der Waals surface area contributed by atoms with Crippen molar-refractivity contribution in [3.8, 4) is 0 Å². The molecule has 0 spiro atoms. The van der Waals surface area contributed by atoms with Crippen molar-refractivity contribution in [2.75, 3.05) is 30.3 Å². The molecule has 3 heterocycles. The van der Waals surface area contributed by atoms with Gasteiger partial charge in [-0.2, -0.15) is 4.98 Å². The summed E-state index contributed by atoms with van der Waals surface area (Å²) in [6.07, 6.45) is 3.85. The van der Waals surface area contributed by atoms with Gasteiger partial charge < -0.3 is 20.9 Å². The molecule has 152 valence electrons. The van der Waals surface area contributed by atoms with Crippen molar-refractivity contribution in [3.63, 3.8) is 0 Å². The number of H-pyrrole nitrogens is 1. The Morgan fingerprint density at radius 2 is 2.04 bits per heavy atom. The lowest BCUT2D eigenvalue weighted by atomic mass is 9.98. The normalized spacial score (nSPS) is 15.1. The summed E-state index contributed by atoms with van der Waals surface area (Å²) in [5, 5.41) is 10.5. The first-order valence-electron chi connectivity index (χ1n) is 8.71. The lowest BCUT2D eigenvalue weighted by Crippen LogP contribution is -2.30. The van der Waals surface area contributed by atoms with Crippen molar-refractivity contribution in [3.05, 3.63) is 45.0 Å². The van der Waals surface area contributed by atoms with Gasteiger partial charge in [-0.1, -0.05) is 15.9 Å². The molecule has 0 saturated carbocycles. The quantitative estimate of drug-likeness (QED) is 0.313. The topological polar surface area (TPSA) is 77.7 Å². The van der Waals surface area contributed by atoms with Crippen LogP contribution in [0.5, 0.6) is 0 Å². The standard InChI is InChI=1S/C18H20Br2N6.2ClH/c19-11-9-12-14(4-8-22-16(12)13(20)10-11)21-6-2-7-24-18-25-15-3-1-5-23-17(15)26-18;;/h1,3,5,9-10,14,21-22H,2,4,6-8H2,(H2,23,24,25,26);2*1H. The lowest BCUT2D eigenvalue weighted by Gasteiger charge is -2.29. The summed E-state index contributed by atoms with van der Waals surface area (Å²) in [6, 6.07) is 8.54. The summed E-state index contributed by atoms with van der Waals surface area (Å²) in [5.41, 5.74) is 4.21. The van der Waals surface area contributed by atoms with Gasteiger partial charge in [0.2, 0.25) is 5.95 Å². The average Bonchev–Trinajstić information content (AvgIpc) is 3.04. The maximum Gasteiger partial charge on any atom is 0.202 e. The third-order valence-corrected chi connectivity index (χ3v) is 5.57. The predicted octanol–water partition coefficient (Wildman–Crippen LogP) is 5.28. The van der Waals surface area contributed by atoms with Crippen LogP contribution in [0.2, 0.25) is 0 Å². The van der Waals surface area contributed by atoms with Crippen LogP contribution in [0.1, 0.15) is 24.4 Å². The van der Waals surface area contributed by atoms with Crippen molar-refractivity contribution in [2.45, 2.75) is 18.9 Å². The van der Waals surface area contributed by atoms with E-state index in [1.807, 2.05) is 12.1 Å². The molecule has 0 radical (unpaired) electrons. The lowest BCUT2D eigenvalue weighted by molar-refractivity contribution is 0.497. The molecular weight excluding hydrogens is 531 g/mol. The summed E-state index contributed by atoms with van der Waals surface area (Å²) >= 11 is 7.24. The van der Waals surface area contributed by atoms with Crippen LogP contribution in [0.3, 0.4) is 0 Å². The van der Waals surface area contributed by atoms with E-state index < -0.39 is 0 Å². The second-order valence-electron chi connectivity index (χ2n) is 6.31. The molecule has 4 rings (SSSR count). The van der Waals surface area contributed by atoms with E-state index in [9.17, 15) is 0 Å². The molecule has 0 fully saturated rings. The van der Waals surface area contributed by atoms with Gasteiger partial charge in [0, 0.05) is 34.3 Å². The highest BCUT2D eigenvalue weighted by Crippen LogP contribution is 2.38. The van der Waals surface area contributed by atoms with Gasteiger partial charge in [0.15, 0.2) is 5.65 Å². The Labute approximate surface area is 193 Å². The zero-order valence-electron chi connectivity index (χ0n) is 15.0. The zero-order chi connectivity index (χ0) is 17.9. The largest absolute Gasteiger partial charge is 0.384 e. The van der Waals surface area contributed by atoms with Gasteiger partial charge >= 0.3 is 0 Å². The van der Waals surface area contributed by atoms with Crippen molar-refractivity contribution in [1.29, 1.82) is 0 Å². The maximum atomic E-state index is 4.43. The van der Waals surface area contributed by atoms with Gasteiger partial charge in [0.1, 0.15) is 0 Å². The van der Waals surface area contributed by atoms with Crippen LogP contribution in [0.15, 0.2) is 39.4 Å². The van der Waals surface area contributed by atoms with Crippen LogP contribution in [0.4, 0.5) is 11.6 Å². The van der Waals surface area contributed by atoms with Gasteiger partial charge in [0.05, 0.1) is 11.2 Å². The van der Waals surface area contributed by atoms with Crippen LogP contribution in [0, 0.1) is 0 Å². The second kappa shape index (κ2) is 10.6.